The summed E-state index contributed by atoms with van der Waals surface area (Å²) in [6.07, 6.45) is 3.66. The standard InChI is InChI=1S/C18H11N7O/c19-8-11-2-1-3-12(6-11)16-17(14-4-5-21-10-22-14)25-15(18(20)23-16)7-13(9-26)24-25/h1-7,9-10H,(H2,20,23). The number of benzene rings is 1. The van der Waals surface area contributed by atoms with Gasteiger partial charge in [0.1, 0.15) is 34.7 Å². The van der Waals surface area contributed by atoms with E-state index in [-0.39, 0.29) is 11.5 Å². The molecule has 2 N–H and O–H groups in total. The second-order valence-electron chi connectivity index (χ2n) is 5.47. The number of carbonyl (C=O) groups is 1. The number of nitrogens with zero attached hydrogens (tertiary/aromatic N) is 6. The number of nitriles is 1. The van der Waals surface area contributed by atoms with Crippen molar-refractivity contribution in [3.8, 4) is 28.7 Å². The summed E-state index contributed by atoms with van der Waals surface area (Å²) in [6, 6.07) is 12.4. The molecule has 8 nitrogen and oxygen atoms in total. The van der Waals surface area contributed by atoms with Gasteiger partial charge in [-0.25, -0.2) is 19.5 Å². The van der Waals surface area contributed by atoms with Crippen molar-refractivity contribution in [2.75, 3.05) is 5.73 Å². The van der Waals surface area contributed by atoms with Crippen LogP contribution in [0.15, 0.2) is 48.9 Å². The van der Waals surface area contributed by atoms with E-state index in [9.17, 15) is 10.1 Å². The van der Waals surface area contributed by atoms with Crippen LogP contribution < -0.4 is 5.73 Å². The SMILES string of the molecule is N#Cc1cccc(-c2nc(N)c3cc(C=O)nn3c2-c2ccncn2)c1. The summed E-state index contributed by atoms with van der Waals surface area (Å²) in [5, 5.41) is 13.5. The predicted octanol–water partition coefficient (Wildman–Crippen LogP) is 2.12. The minimum Gasteiger partial charge on any atom is -0.382 e. The lowest BCUT2D eigenvalue weighted by Gasteiger charge is -2.12. The Kier molecular flexibility index (Phi) is 3.60. The number of carbonyl (C=O) groups excluding carboxylic acids is 1. The molecular weight excluding hydrogens is 330 g/mol. The first-order valence-corrected chi connectivity index (χ1v) is 7.62. The molecule has 124 valence electrons. The van der Waals surface area contributed by atoms with Crippen molar-refractivity contribution in [3.63, 3.8) is 0 Å². The molecule has 0 atom stereocenters. The maximum atomic E-state index is 11.2. The van der Waals surface area contributed by atoms with Gasteiger partial charge in [0, 0.05) is 11.8 Å². The highest BCUT2D eigenvalue weighted by Gasteiger charge is 2.19. The van der Waals surface area contributed by atoms with Gasteiger partial charge in [-0.15, -0.1) is 0 Å². The highest BCUT2D eigenvalue weighted by Crippen LogP contribution is 2.32. The Morgan fingerprint density at radius 1 is 1.23 bits per heavy atom. The topological polar surface area (TPSA) is 123 Å². The molecule has 0 amide bonds. The molecule has 0 bridgehead atoms. The third-order valence-electron chi connectivity index (χ3n) is 3.87. The van der Waals surface area contributed by atoms with Crippen molar-refractivity contribution in [2.24, 2.45) is 0 Å². The Balaban J connectivity index is 2.12. The average molecular weight is 341 g/mol. The molecule has 1 aromatic carbocycles. The van der Waals surface area contributed by atoms with Gasteiger partial charge in [-0.3, -0.25) is 4.79 Å². The van der Waals surface area contributed by atoms with E-state index in [0.29, 0.717) is 40.0 Å². The van der Waals surface area contributed by atoms with Crippen LogP contribution in [0.2, 0.25) is 0 Å². The molecule has 26 heavy (non-hydrogen) atoms. The normalized spacial score (nSPS) is 10.6. The Morgan fingerprint density at radius 3 is 2.85 bits per heavy atom. The van der Waals surface area contributed by atoms with Gasteiger partial charge in [-0.1, -0.05) is 12.1 Å². The molecule has 0 aliphatic heterocycles. The van der Waals surface area contributed by atoms with Gasteiger partial charge in [-0.05, 0) is 24.3 Å². The van der Waals surface area contributed by atoms with Gasteiger partial charge in [0.2, 0.25) is 0 Å². The zero-order valence-corrected chi connectivity index (χ0v) is 13.4. The zero-order valence-electron chi connectivity index (χ0n) is 13.4. The number of anilines is 1. The van der Waals surface area contributed by atoms with E-state index >= 15 is 0 Å². The summed E-state index contributed by atoms with van der Waals surface area (Å²) < 4.78 is 1.54. The fourth-order valence-corrected chi connectivity index (χ4v) is 2.74. The van der Waals surface area contributed by atoms with Gasteiger partial charge < -0.3 is 5.73 Å². The minimum absolute atomic E-state index is 0.223. The maximum Gasteiger partial charge on any atom is 0.170 e. The van der Waals surface area contributed by atoms with E-state index in [1.165, 1.54) is 6.33 Å². The monoisotopic (exact) mass is 341 g/mol. The largest absolute Gasteiger partial charge is 0.382 e. The third kappa shape index (κ3) is 2.44. The van der Waals surface area contributed by atoms with Crippen molar-refractivity contribution in [2.45, 2.75) is 0 Å². The van der Waals surface area contributed by atoms with Crippen molar-refractivity contribution >= 4 is 17.6 Å². The molecule has 0 fully saturated rings. The van der Waals surface area contributed by atoms with Gasteiger partial charge in [0.05, 0.1) is 17.3 Å². The number of rotatable bonds is 3. The first-order valence-electron chi connectivity index (χ1n) is 7.62. The zero-order chi connectivity index (χ0) is 18.1. The van der Waals surface area contributed by atoms with Crippen LogP contribution in [-0.2, 0) is 0 Å². The molecule has 0 unspecified atom stereocenters. The third-order valence-corrected chi connectivity index (χ3v) is 3.87. The van der Waals surface area contributed by atoms with E-state index in [0.717, 1.165) is 0 Å². The van der Waals surface area contributed by atoms with Crippen LogP contribution in [0.5, 0.6) is 0 Å². The van der Waals surface area contributed by atoms with Crippen molar-refractivity contribution < 1.29 is 4.79 Å². The van der Waals surface area contributed by atoms with Crippen LogP contribution in [0.1, 0.15) is 16.1 Å². The molecule has 0 saturated carbocycles. The van der Waals surface area contributed by atoms with Crippen LogP contribution in [0.25, 0.3) is 28.2 Å². The predicted molar refractivity (Wildman–Crippen MR) is 94.0 cm³/mol. The number of nitrogens with two attached hydrogens (primary N) is 1. The van der Waals surface area contributed by atoms with Gasteiger partial charge >= 0.3 is 0 Å². The molecule has 0 radical (unpaired) electrons. The van der Waals surface area contributed by atoms with Crippen LogP contribution in [0.4, 0.5) is 5.82 Å². The molecule has 0 aliphatic rings. The maximum absolute atomic E-state index is 11.2. The summed E-state index contributed by atoms with van der Waals surface area (Å²) in [5.74, 6) is 0.223. The Morgan fingerprint density at radius 2 is 2.12 bits per heavy atom. The second-order valence-corrected chi connectivity index (χ2v) is 5.47. The smallest absolute Gasteiger partial charge is 0.170 e. The lowest BCUT2D eigenvalue weighted by Crippen LogP contribution is -2.05. The summed E-state index contributed by atoms with van der Waals surface area (Å²) in [4.78, 5) is 23.9. The Labute approximate surface area is 147 Å². The van der Waals surface area contributed by atoms with Crippen LogP contribution in [0.3, 0.4) is 0 Å². The first kappa shape index (κ1) is 15.4. The molecule has 4 aromatic rings. The molecule has 0 saturated heterocycles. The molecular formula is C18H11N7O. The minimum atomic E-state index is 0.223. The van der Waals surface area contributed by atoms with Gasteiger partial charge in [0.15, 0.2) is 6.29 Å². The molecule has 0 aliphatic carbocycles. The lowest BCUT2D eigenvalue weighted by atomic mass is 10.0. The van der Waals surface area contributed by atoms with Gasteiger partial charge in [-0.2, -0.15) is 10.4 Å². The quantitative estimate of drug-likeness (QED) is 0.566. The average Bonchev–Trinajstić information content (AvgIpc) is 3.13. The molecule has 0 spiro atoms. The van der Waals surface area contributed by atoms with E-state index < -0.39 is 0 Å². The first-order chi connectivity index (χ1) is 12.7. The summed E-state index contributed by atoms with van der Waals surface area (Å²) in [7, 11) is 0. The second kappa shape index (κ2) is 6.07. The number of fused-ring (bicyclic) bond motifs is 1. The fraction of sp³-hybridized carbons (Fsp3) is 0. The highest BCUT2D eigenvalue weighted by molar-refractivity contribution is 5.85. The van der Waals surface area contributed by atoms with E-state index in [1.807, 2.05) is 6.07 Å². The lowest BCUT2D eigenvalue weighted by molar-refractivity contribution is 0.111. The van der Waals surface area contributed by atoms with E-state index in [1.54, 1.807) is 41.0 Å². The molecule has 4 rings (SSSR count). The molecule has 8 heteroatoms. The van der Waals surface area contributed by atoms with E-state index in [2.05, 4.69) is 26.1 Å². The number of aromatic nitrogens is 5. The highest BCUT2D eigenvalue weighted by atomic mass is 16.1. The number of nitrogen functional groups attached to an aromatic ring is 1. The summed E-state index contributed by atoms with van der Waals surface area (Å²) in [6.45, 7) is 0. The summed E-state index contributed by atoms with van der Waals surface area (Å²) in [5.41, 5.74) is 9.64. The number of aldehydes is 1. The van der Waals surface area contributed by atoms with Crippen LogP contribution in [-0.4, -0.2) is 30.9 Å². The number of hydrogen-bond acceptors (Lipinski definition) is 7. The fourth-order valence-electron chi connectivity index (χ4n) is 2.74. The van der Waals surface area contributed by atoms with Gasteiger partial charge in [0.25, 0.3) is 0 Å². The van der Waals surface area contributed by atoms with Crippen LogP contribution >= 0.6 is 0 Å². The molecule has 3 aromatic heterocycles. The van der Waals surface area contributed by atoms with Crippen LogP contribution in [0, 0.1) is 11.3 Å². The number of hydrogen-bond donors (Lipinski definition) is 1. The van der Waals surface area contributed by atoms with Crippen molar-refractivity contribution in [1.82, 2.24) is 24.6 Å². The Hall–Kier alpha value is -4.12. The Bertz CT molecular complexity index is 1180. The summed E-state index contributed by atoms with van der Waals surface area (Å²) >= 11 is 0. The van der Waals surface area contributed by atoms with Crippen molar-refractivity contribution in [3.05, 3.63) is 60.2 Å². The van der Waals surface area contributed by atoms with E-state index in [4.69, 9.17) is 5.73 Å². The van der Waals surface area contributed by atoms with Crippen molar-refractivity contribution in [1.29, 1.82) is 5.26 Å². The molecule has 3 heterocycles.